The molecule has 0 aliphatic heterocycles. The summed E-state index contributed by atoms with van der Waals surface area (Å²) in [6, 6.07) is 9.06. The molecule has 2 aromatic carbocycles. The maximum atomic E-state index is 13.1. The number of nitrogens with zero attached hydrogens (tertiary/aromatic N) is 3. The fraction of sp³-hybridized carbons (Fsp3) is 0.360. The lowest BCUT2D eigenvalue weighted by Gasteiger charge is -2.15. The van der Waals surface area contributed by atoms with E-state index in [0.717, 1.165) is 30.0 Å². The third-order valence-electron chi connectivity index (χ3n) is 6.32. The molecular formula is C25H27N5O6S. The predicted octanol–water partition coefficient (Wildman–Crippen LogP) is 3.83. The van der Waals surface area contributed by atoms with Crippen LogP contribution < -0.4 is 14.8 Å². The lowest BCUT2D eigenvalue weighted by molar-refractivity contribution is -0.385. The van der Waals surface area contributed by atoms with Crippen molar-refractivity contribution in [3.05, 3.63) is 68.9 Å². The van der Waals surface area contributed by atoms with Crippen molar-refractivity contribution in [3.8, 4) is 17.3 Å². The van der Waals surface area contributed by atoms with Gasteiger partial charge in [0.15, 0.2) is 5.69 Å². The maximum Gasteiger partial charge on any atom is 0.272 e. The third-order valence-corrected chi connectivity index (χ3v) is 7.86. The molecule has 0 atom stereocenters. The highest BCUT2D eigenvalue weighted by atomic mass is 32.2. The highest BCUT2D eigenvalue weighted by Crippen LogP contribution is 2.37. The van der Waals surface area contributed by atoms with E-state index < -0.39 is 14.9 Å². The number of carbonyl (C=O) groups excluding carboxylic acids is 1. The number of ether oxygens (including phenoxy) is 1. The van der Waals surface area contributed by atoms with Crippen molar-refractivity contribution < 1.29 is 22.9 Å². The summed E-state index contributed by atoms with van der Waals surface area (Å²) < 4.78 is 36.5. The number of nitro benzene ring substituents is 1. The van der Waals surface area contributed by atoms with Gasteiger partial charge in [0.1, 0.15) is 10.6 Å². The number of aryl methyl sites for hydroxylation is 2. The molecule has 1 amide bonds. The number of nitrogens with one attached hydrogen (secondary N) is 2. The Hall–Kier alpha value is -3.77. The summed E-state index contributed by atoms with van der Waals surface area (Å²) in [6.07, 6.45) is 3.21. The molecule has 0 bridgehead atoms. The van der Waals surface area contributed by atoms with Crippen molar-refractivity contribution in [2.24, 2.45) is 0 Å². The van der Waals surface area contributed by atoms with Crippen LogP contribution in [0.3, 0.4) is 0 Å². The molecule has 3 aromatic rings. The number of carbonyl (C=O) groups is 1. The fourth-order valence-electron chi connectivity index (χ4n) is 3.90. The highest BCUT2D eigenvalue weighted by molar-refractivity contribution is 7.89. The van der Waals surface area contributed by atoms with E-state index in [1.807, 2.05) is 32.0 Å². The van der Waals surface area contributed by atoms with Gasteiger partial charge in [0.25, 0.3) is 11.6 Å². The van der Waals surface area contributed by atoms with E-state index in [4.69, 9.17) is 4.74 Å². The lowest BCUT2D eigenvalue weighted by Crippen LogP contribution is -2.26. The van der Waals surface area contributed by atoms with Crippen LogP contribution in [0.15, 0.2) is 41.3 Å². The van der Waals surface area contributed by atoms with Gasteiger partial charge in [-0.2, -0.15) is 9.78 Å². The minimum absolute atomic E-state index is 0.109. The van der Waals surface area contributed by atoms with Crippen LogP contribution in [0.4, 0.5) is 5.69 Å². The molecule has 2 saturated carbocycles. The van der Waals surface area contributed by atoms with Crippen molar-refractivity contribution in [1.29, 1.82) is 0 Å². The van der Waals surface area contributed by atoms with Gasteiger partial charge < -0.3 is 10.1 Å². The largest absolute Gasteiger partial charge is 0.437 e. The van der Waals surface area contributed by atoms with E-state index >= 15 is 0 Å². The first-order valence-electron chi connectivity index (χ1n) is 12.0. The Morgan fingerprint density at radius 1 is 1.08 bits per heavy atom. The number of rotatable bonds is 9. The van der Waals surface area contributed by atoms with Gasteiger partial charge in [-0.25, -0.2) is 13.1 Å². The molecule has 5 rings (SSSR count). The molecule has 1 aromatic heterocycles. The molecule has 0 spiro atoms. The topological polar surface area (TPSA) is 145 Å². The van der Waals surface area contributed by atoms with E-state index in [2.05, 4.69) is 15.1 Å². The lowest BCUT2D eigenvalue weighted by atomic mass is 10.1. The summed E-state index contributed by atoms with van der Waals surface area (Å²) in [5.41, 5.74) is 2.66. The monoisotopic (exact) mass is 525 g/mol. The Morgan fingerprint density at radius 2 is 1.78 bits per heavy atom. The van der Waals surface area contributed by atoms with E-state index in [-0.39, 0.29) is 45.9 Å². The van der Waals surface area contributed by atoms with E-state index in [1.54, 1.807) is 6.92 Å². The zero-order valence-electron chi connectivity index (χ0n) is 20.6. The molecule has 11 nitrogen and oxygen atoms in total. The highest BCUT2D eigenvalue weighted by Gasteiger charge is 2.33. The number of non-ortho nitro benzene ring substituents is 1. The molecule has 0 radical (unpaired) electrons. The number of aromatic nitrogens is 2. The SMILES string of the molecule is Cc1ccc(C)c(-n2nc(C(=O)NC3CC3)c(C)c2Oc2ccc([N+](=O)[O-])cc2S(=O)(=O)NC2CC2)c1. The first kappa shape index (κ1) is 24.9. The van der Waals surface area contributed by atoms with Crippen molar-refractivity contribution in [3.63, 3.8) is 0 Å². The molecule has 2 fully saturated rings. The van der Waals surface area contributed by atoms with Crippen molar-refractivity contribution >= 4 is 21.6 Å². The van der Waals surface area contributed by atoms with Crippen LogP contribution in [-0.4, -0.2) is 41.1 Å². The van der Waals surface area contributed by atoms with Crippen LogP contribution in [0.5, 0.6) is 11.6 Å². The Balaban J connectivity index is 1.64. The van der Waals surface area contributed by atoms with Gasteiger partial charge in [0.05, 0.1) is 10.6 Å². The first-order valence-corrected chi connectivity index (χ1v) is 13.5. The van der Waals surface area contributed by atoms with Gasteiger partial charge >= 0.3 is 0 Å². The summed E-state index contributed by atoms with van der Waals surface area (Å²) in [4.78, 5) is 23.4. The number of amides is 1. The smallest absolute Gasteiger partial charge is 0.272 e. The minimum atomic E-state index is -4.11. The predicted molar refractivity (Wildman–Crippen MR) is 135 cm³/mol. The number of nitro groups is 1. The van der Waals surface area contributed by atoms with Crippen LogP contribution in [0.1, 0.15) is 52.9 Å². The second-order valence-electron chi connectivity index (χ2n) is 9.61. The van der Waals surface area contributed by atoms with Gasteiger partial charge in [-0.1, -0.05) is 12.1 Å². The van der Waals surface area contributed by atoms with E-state index in [9.17, 15) is 23.3 Å². The second-order valence-corrected chi connectivity index (χ2v) is 11.3. The van der Waals surface area contributed by atoms with Gasteiger partial charge in [-0.05, 0) is 69.7 Å². The normalized spacial score (nSPS) is 15.4. The molecule has 2 N–H and O–H groups in total. The third kappa shape index (κ3) is 5.20. The zero-order chi connectivity index (χ0) is 26.5. The van der Waals surface area contributed by atoms with Gasteiger partial charge in [0.2, 0.25) is 15.9 Å². The average Bonchev–Trinajstić information content (AvgIpc) is 3.77. The molecule has 194 valence electrons. The fourth-order valence-corrected chi connectivity index (χ4v) is 5.35. The summed E-state index contributed by atoms with van der Waals surface area (Å²) in [5.74, 6) is -0.310. The van der Waals surface area contributed by atoms with Gasteiger partial charge in [-0.3, -0.25) is 14.9 Å². The van der Waals surface area contributed by atoms with Crippen molar-refractivity contribution in [1.82, 2.24) is 19.8 Å². The number of sulfonamides is 1. The molecule has 0 unspecified atom stereocenters. The van der Waals surface area contributed by atoms with Gasteiger partial charge in [-0.15, -0.1) is 0 Å². The van der Waals surface area contributed by atoms with Crippen LogP contribution >= 0.6 is 0 Å². The molecule has 0 saturated heterocycles. The number of hydrogen-bond donors (Lipinski definition) is 2. The Bertz CT molecular complexity index is 1520. The molecule has 2 aliphatic carbocycles. The van der Waals surface area contributed by atoms with Crippen LogP contribution in [-0.2, 0) is 10.0 Å². The summed E-state index contributed by atoms with van der Waals surface area (Å²) in [5, 5.41) is 18.9. The average molecular weight is 526 g/mol. The Kier molecular flexibility index (Phi) is 6.24. The summed E-state index contributed by atoms with van der Waals surface area (Å²) in [6.45, 7) is 5.49. The second kappa shape index (κ2) is 9.27. The minimum Gasteiger partial charge on any atom is -0.437 e. The summed E-state index contributed by atoms with van der Waals surface area (Å²) in [7, 11) is -4.11. The zero-order valence-corrected chi connectivity index (χ0v) is 21.5. The molecule has 37 heavy (non-hydrogen) atoms. The first-order chi connectivity index (χ1) is 17.5. The van der Waals surface area contributed by atoms with Crippen LogP contribution in [0.25, 0.3) is 5.69 Å². The maximum absolute atomic E-state index is 13.1. The summed E-state index contributed by atoms with van der Waals surface area (Å²) >= 11 is 0. The number of hydrogen-bond acceptors (Lipinski definition) is 7. The molecule has 12 heteroatoms. The van der Waals surface area contributed by atoms with E-state index in [0.29, 0.717) is 24.1 Å². The van der Waals surface area contributed by atoms with Crippen LogP contribution in [0.2, 0.25) is 0 Å². The van der Waals surface area contributed by atoms with Crippen molar-refractivity contribution in [2.75, 3.05) is 0 Å². The quantitative estimate of drug-likeness (QED) is 0.319. The van der Waals surface area contributed by atoms with Crippen LogP contribution in [0, 0.1) is 30.9 Å². The van der Waals surface area contributed by atoms with Crippen molar-refractivity contribution in [2.45, 2.75) is 63.4 Å². The molecule has 2 aliphatic rings. The number of benzene rings is 2. The van der Waals surface area contributed by atoms with Gasteiger partial charge in [0, 0.05) is 29.8 Å². The standard InChI is InChI=1S/C25H27N5O6S/c1-14-4-5-15(2)20(12-14)29-25(16(3)23(27-29)24(31)26-17-6-7-17)36-21-11-10-19(30(32)33)13-22(21)37(34,35)28-18-8-9-18/h4-5,10-13,17-18,28H,6-9H2,1-3H3,(H,26,31). The molecule has 1 heterocycles. The Labute approximate surface area is 214 Å². The molecular weight excluding hydrogens is 498 g/mol. The van der Waals surface area contributed by atoms with E-state index in [1.165, 1.54) is 16.8 Å². The Morgan fingerprint density at radius 3 is 2.43 bits per heavy atom.